The molecule has 5 heteroatoms. The molecule has 0 radical (unpaired) electrons. The van der Waals surface area contributed by atoms with E-state index in [1.165, 1.54) is 0 Å². The van der Waals surface area contributed by atoms with Gasteiger partial charge in [-0.3, -0.25) is 4.79 Å². The number of nitrogens with zero attached hydrogens (tertiary/aromatic N) is 1. The molecule has 27 heavy (non-hydrogen) atoms. The zero-order valence-electron chi connectivity index (χ0n) is 14.5. The molecule has 4 rings (SSSR count). The van der Waals surface area contributed by atoms with Crippen LogP contribution in [0.4, 0.5) is 0 Å². The van der Waals surface area contributed by atoms with E-state index in [9.17, 15) is 9.90 Å². The highest BCUT2D eigenvalue weighted by atomic mass is 79.9. The number of phenolic OH excluding ortho intramolecular Hbond substituents is 1. The fourth-order valence-corrected chi connectivity index (χ4v) is 3.54. The summed E-state index contributed by atoms with van der Waals surface area (Å²) >= 11 is 3.46. The lowest BCUT2D eigenvalue weighted by atomic mass is 9.90. The van der Waals surface area contributed by atoms with Crippen molar-refractivity contribution in [3.8, 4) is 11.5 Å². The van der Waals surface area contributed by atoms with E-state index in [0.29, 0.717) is 12.3 Å². The first kappa shape index (κ1) is 17.6. The van der Waals surface area contributed by atoms with Crippen molar-refractivity contribution in [2.24, 2.45) is 0 Å². The third-order valence-corrected chi connectivity index (χ3v) is 5.18. The summed E-state index contributed by atoms with van der Waals surface area (Å²) in [6.07, 6.45) is -0.584. The monoisotopic (exact) mass is 423 g/mol. The highest BCUT2D eigenvalue weighted by Gasteiger charge is 2.50. The average Bonchev–Trinajstić information content (AvgIpc) is 2.70. The van der Waals surface area contributed by atoms with Crippen LogP contribution < -0.4 is 4.74 Å². The molecule has 4 nitrogen and oxygen atoms in total. The number of rotatable bonds is 5. The van der Waals surface area contributed by atoms with Gasteiger partial charge < -0.3 is 14.7 Å². The molecule has 0 aliphatic carbocycles. The Kier molecular flexibility index (Phi) is 4.86. The molecule has 136 valence electrons. The zero-order valence-corrected chi connectivity index (χ0v) is 16.0. The first-order valence-corrected chi connectivity index (χ1v) is 9.47. The first-order chi connectivity index (χ1) is 13.1. The van der Waals surface area contributed by atoms with Crippen LogP contribution in [0.3, 0.4) is 0 Å². The number of phenols is 1. The van der Waals surface area contributed by atoms with Crippen LogP contribution in [0.5, 0.6) is 11.5 Å². The molecule has 0 bridgehead atoms. The SMILES string of the molecule is O=C1[C@H](Oc2ccc(O)cc2)[C@H](c2ccc(Br)cc2)N1Cc1ccccc1. The minimum Gasteiger partial charge on any atom is -0.508 e. The predicted molar refractivity (Wildman–Crippen MR) is 106 cm³/mol. The van der Waals surface area contributed by atoms with Crippen molar-refractivity contribution in [2.75, 3.05) is 0 Å². The van der Waals surface area contributed by atoms with Crippen LogP contribution in [0.15, 0.2) is 83.3 Å². The Labute approximate surface area is 166 Å². The molecule has 2 atom stereocenters. The maximum absolute atomic E-state index is 12.8. The zero-order chi connectivity index (χ0) is 18.8. The Balaban J connectivity index is 1.60. The fraction of sp³-hybridized carbons (Fsp3) is 0.136. The molecule has 0 spiro atoms. The standard InChI is InChI=1S/C22H18BrNO3/c23-17-8-6-16(7-9-17)20-21(27-19-12-10-18(25)11-13-19)22(26)24(20)14-15-4-2-1-3-5-15/h1-13,20-21,25H,14H2/t20-,21+/m0/s1. The summed E-state index contributed by atoms with van der Waals surface area (Å²) in [6, 6.07) is 24.2. The molecule has 0 aromatic heterocycles. The topological polar surface area (TPSA) is 49.8 Å². The summed E-state index contributed by atoms with van der Waals surface area (Å²) in [6.45, 7) is 0.538. The molecule has 1 amide bonds. The van der Waals surface area contributed by atoms with Crippen molar-refractivity contribution in [3.63, 3.8) is 0 Å². The van der Waals surface area contributed by atoms with Gasteiger partial charge in [0.15, 0.2) is 0 Å². The Morgan fingerprint density at radius 2 is 1.59 bits per heavy atom. The maximum atomic E-state index is 12.8. The second-order valence-corrected chi connectivity index (χ2v) is 7.40. The van der Waals surface area contributed by atoms with Gasteiger partial charge in [0.25, 0.3) is 5.91 Å². The Morgan fingerprint density at radius 1 is 0.926 bits per heavy atom. The molecule has 1 aliphatic rings. The molecule has 1 heterocycles. The summed E-state index contributed by atoms with van der Waals surface area (Å²) in [4.78, 5) is 14.7. The van der Waals surface area contributed by atoms with Crippen LogP contribution in [0.2, 0.25) is 0 Å². The lowest BCUT2D eigenvalue weighted by molar-refractivity contribution is -0.165. The van der Waals surface area contributed by atoms with Crippen LogP contribution in [-0.4, -0.2) is 22.0 Å². The van der Waals surface area contributed by atoms with Crippen LogP contribution in [0, 0.1) is 0 Å². The van der Waals surface area contributed by atoms with E-state index < -0.39 is 6.10 Å². The number of carbonyl (C=O) groups is 1. The first-order valence-electron chi connectivity index (χ1n) is 8.67. The summed E-state index contributed by atoms with van der Waals surface area (Å²) in [7, 11) is 0. The van der Waals surface area contributed by atoms with E-state index in [-0.39, 0.29) is 17.7 Å². The van der Waals surface area contributed by atoms with Crippen molar-refractivity contribution in [3.05, 3.63) is 94.5 Å². The van der Waals surface area contributed by atoms with Crippen LogP contribution >= 0.6 is 15.9 Å². The number of amides is 1. The van der Waals surface area contributed by atoms with Gasteiger partial charge in [-0.05, 0) is 47.5 Å². The van der Waals surface area contributed by atoms with Crippen molar-refractivity contribution < 1.29 is 14.6 Å². The number of carbonyl (C=O) groups excluding carboxylic acids is 1. The maximum Gasteiger partial charge on any atom is 0.267 e. The highest BCUT2D eigenvalue weighted by molar-refractivity contribution is 9.10. The average molecular weight is 424 g/mol. The summed E-state index contributed by atoms with van der Waals surface area (Å²) < 4.78 is 6.96. The lowest BCUT2D eigenvalue weighted by Crippen LogP contribution is -2.60. The quantitative estimate of drug-likeness (QED) is 0.605. The van der Waals surface area contributed by atoms with E-state index in [1.807, 2.05) is 59.5 Å². The van der Waals surface area contributed by atoms with E-state index in [0.717, 1.165) is 15.6 Å². The molecule has 3 aromatic rings. The largest absolute Gasteiger partial charge is 0.508 e. The van der Waals surface area contributed by atoms with E-state index in [4.69, 9.17) is 4.74 Å². The molecule has 1 saturated heterocycles. The number of ether oxygens (including phenoxy) is 1. The molecule has 0 unspecified atom stereocenters. The Hall–Kier alpha value is -2.79. The number of hydrogen-bond acceptors (Lipinski definition) is 3. The number of halogens is 1. The minimum absolute atomic E-state index is 0.0418. The molecular formula is C22H18BrNO3. The van der Waals surface area contributed by atoms with Gasteiger partial charge >= 0.3 is 0 Å². The van der Waals surface area contributed by atoms with Crippen molar-refractivity contribution in [1.82, 2.24) is 4.90 Å². The number of likely N-dealkylation sites (tertiary alicyclic amines) is 1. The number of aromatic hydroxyl groups is 1. The van der Waals surface area contributed by atoms with Gasteiger partial charge in [-0.25, -0.2) is 0 Å². The van der Waals surface area contributed by atoms with Gasteiger partial charge in [0, 0.05) is 11.0 Å². The van der Waals surface area contributed by atoms with E-state index in [1.54, 1.807) is 24.3 Å². The van der Waals surface area contributed by atoms with Crippen molar-refractivity contribution in [1.29, 1.82) is 0 Å². The van der Waals surface area contributed by atoms with Gasteiger partial charge in [0.2, 0.25) is 6.10 Å². The normalized spacial score (nSPS) is 18.9. The number of hydrogen-bond donors (Lipinski definition) is 1. The van der Waals surface area contributed by atoms with Crippen LogP contribution in [0.25, 0.3) is 0 Å². The second kappa shape index (κ2) is 7.45. The van der Waals surface area contributed by atoms with Crippen LogP contribution in [-0.2, 0) is 11.3 Å². The third kappa shape index (κ3) is 3.69. The minimum atomic E-state index is -0.584. The second-order valence-electron chi connectivity index (χ2n) is 6.48. The van der Waals surface area contributed by atoms with Gasteiger partial charge in [-0.15, -0.1) is 0 Å². The molecule has 1 aliphatic heterocycles. The molecule has 3 aromatic carbocycles. The predicted octanol–water partition coefficient (Wildman–Crippen LogP) is 4.69. The van der Waals surface area contributed by atoms with Crippen molar-refractivity contribution in [2.45, 2.75) is 18.7 Å². The van der Waals surface area contributed by atoms with Crippen LogP contribution in [0.1, 0.15) is 17.2 Å². The van der Waals surface area contributed by atoms with Gasteiger partial charge in [-0.2, -0.15) is 0 Å². The van der Waals surface area contributed by atoms with E-state index >= 15 is 0 Å². The fourth-order valence-electron chi connectivity index (χ4n) is 3.27. The summed E-state index contributed by atoms with van der Waals surface area (Å²) in [5, 5.41) is 9.44. The van der Waals surface area contributed by atoms with Gasteiger partial charge in [-0.1, -0.05) is 58.4 Å². The van der Waals surface area contributed by atoms with E-state index in [2.05, 4.69) is 15.9 Å². The van der Waals surface area contributed by atoms with Gasteiger partial charge in [0.05, 0.1) is 0 Å². The Morgan fingerprint density at radius 3 is 2.26 bits per heavy atom. The highest BCUT2D eigenvalue weighted by Crippen LogP contribution is 2.39. The Bertz CT molecular complexity index is 926. The summed E-state index contributed by atoms with van der Waals surface area (Å²) in [5.74, 6) is 0.685. The molecule has 1 fully saturated rings. The smallest absolute Gasteiger partial charge is 0.267 e. The lowest BCUT2D eigenvalue weighted by Gasteiger charge is -2.47. The number of benzene rings is 3. The molecule has 0 saturated carbocycles. The van der Waals surface area contributed by atoms with Gasteiger partial charge in [0.1, 0.15) is 17.5 Å². The molecular weight excluding hydrogens is 406 g/mol. The molecule has 1 N–H and O–H groups in total. The van der Waals surface area contributed by atoms with Crippen molar-refractivity contribution >= 4 is 21.8 Å². The summed E-state index contributed by atoms with van der Waals surface area (Å²) in [5.41, 5.74) is 2.11. The number of β-lactam (4-membered cyclic amide) rings is 1. The third-order valence-electron chi connectivity index (χ3n) is 4.66.